The lowest BCUT2D eigenvalue weighted by molar-refractivity contribution is 0.0466. The van der Waals surface area contributed by atoms with Crippen LogP contribution in [0.25, 0.3) is 33.4 Å². The van der Waals surface area contributed by atoms with E-state index in [1.54, 1.807) is 20.3 Å². The number of esters is 2. The summed E-state index contributed by atoms with van der Waals surface area (Å²) in [5, 5.41) is 9.06. The largest absolute Gasteiger partial charge is 0.496 e. The Hall–Kier alpha value is -6.58. The number of carbonyl (C=O) groups is 2. The number of ether oxygens (including phenoxy) is 4. The monoisotopic (exact) mass is 888 g/mol. The van der Waals surface area contributed by atoms with Crippen LogP contribution in [-0.2, 0) is 28.1 Å². The maximum Gasteiger partial charge on any atom is 0.348 e. The normalized spacial score (nSPS) is 14.4. The summed E-state index contributed by atoms with van der Waals surface area (Å²) in [6.45, 7) is 19.6. The first-order valence-corrected chi connectivity index (χ1v) is 22.8. The summed E-state index contributed by atoms with van der Waals surface area (Å²) in [6.07, 6.45) is 4.43. The van der Waals surface area contributed by atoms with E-state index in [0.29, 0.717) is 10.4 Å². The van der Waals surface area contributed by atoms with Crippen LogP contribution in [0.4, 0.5) is 11.4 Å². The first kappa shape index (κ1) is 46.4. The third-order valence-corrected chi connectivity index (χ3v) is 12.5. The number of nitrogens with one attached hydrogen (secondary N) is 2. The van der Waals surface area contributed by atoms with Gasteiger partial charge in [-0.05, 0) is 123 Å². The van der Waals surface area contributed by atoms with E-state index in [0.717, 1.165) is 78.5 Å². The third-order valence-electron chi connectivity index (χ3n) is 11.7. The Kier molecular flexibility index (Phi) is 13.5. The van der Waals surface area contributed by atoms with Crippen LogP contribution >= 0.6 is 11.3 Å². The summed E-state index contributed by atoms with van der Waals surface area (Å²) in [5.41, 5.74) is 13.9. The second kappa shape index (κ2) is 18.9. The summed E-state index contributed by atoms with van der Waals surface area (Å²) in [4.78, 5) is 26.2. The van der Waals surface area contributed by atoms with E-state index < -0.39 is 0 Å². The molecule has 0 saturated carbocycles. The molecule has 1 aromatic heterocycles. The van der Waals surface area contributed by atoms with Crippen LogP contribution in [0, 0.1) is 0 Å². The minimum absolute atomic E-state index is 0.0276. The number of fused-ring (bicyclic) bond motifs is 2. The van der Waals surface area contributed by atoms with Crippen molar-refractivity contribution in [1.29, 1.82) is 0 Å². The molecular formula is C56H60N2O6S. The highest BCUT2D eigenvalue weighted by atomic mass is 32.1. The predicted octanol–water partition coefficient (Wildman–Crippen LogP) is 14.0. The van der Waals surface area contributed by atoms with E-state index in [1.165, 1.54) is 16.9 Å². The van der Waals surface area contributed by atoms with Crippen molar-refractivity contribution in [1.82, 2.24) is 0 Å². The molecule has 0 spiro atoms. The molecule has 5 aromatic carbocycles. The Balaban J connectivity index is 0.000000196. The van der Waals surface area contributed by atoms with Crippen molar-refractivity contribution in [2.45, 2.75) is 92.0 Å². The molecule has 3 heterocycles. The van der Waals surface area contributed by atoms with E-state index in [4.69, 9.17) is 18.9 Å². The highest BCUT2D eigenvalue weighted by Crippen LogP contribution is 2.44. The highest BCUT2D eigenvalue weighted by Gasteiger charge is 2.29. The first-order valence-electron chi connectivity index (χ1n) is 21.9. The molecule has 2 aliphatic rings. The number of hydrogen-bond acceptors (Lipinski definition) is 9. The van der Waals surface area contributed by atoms with Crippen LogP contribution in [0.1, 0.15) is 110 Å². The number of hydrogen-bond donors (Lipinski definition) is 2. The molecule has 0 atom stereocenters. The van der Waals surface area contributed by atoms with E-state index in [9.17, 15) is 9.59 Å². The molecule has 0 aliphatic carbocycles. The number of allylic oxidation sites excluding steroid dienone is 2. The lowest BCUT2D eigenvalue weighted by atomic mass is 9.85. The number of anilines is 2. The van der Waals surface area contributed by atoms with Crippen LogP contribution < -0.4 is 20.1 Å². The number of methoxy groups -OCH3 is 2. The number of carbonyl (C=O) groups excluding carboxylic acids is 2. The van der Waals surface area contributed by atoms with Gasteiger partial charge in [0.1, 0.15) is 29.6 Å². The second-order valence-electron chi connectivity index (χ2n) is 18.7. The Morgan fingerprint density at radius 2 is 1.03 bits per heavy atom. The maximum atomic E-state index is 13.0. The molecule has 0 amide bonds. The lowest BCUT2D eigenvalue weighted by Gasteiger charge is -2.33. The second-order valence-corrected chi connectivity index (χ2v) is 19.7. The zero-order chi connectivity index (χ0) is 46.7. The summed E-state index contributed by atoms with van der Waals surface area (Å²) >= 11 is 1.38. The summed E-state index contributed by atoms with van der Waals surface area (Å²) in [7, 11) is 3.34. The van der Waals surface area contributed by atoms with Crippen LogP contribution in [0.2, 0.25) is 0 Å². The Morgan fingerprint density at radius 1 is 0.569 bits per heavy atom. The summed E-state index contributed by atoms with van der Waals surface area (Å²) in [6, 6.07) is 35.5. The average molecular weight is 889 g/mol. The Bertz CT molecular complexity index is 2770. The van der Waals surface area contributed by atoms with Crippen molar-refractivity contribution in [2.75, 3.05) is 24.9 Å². The molecule has 8 nitrogen and oxygen atoms in total. The van der Waals surface area contributed by atoms with Gasteiger partial charge in [0.05, 0.1) is 30.9 Å². The summed E-state index contributed by atoms with van der Waals surface area (Å²) in [5.74, 6) is 0.927. The SMILES string of the molecule is COc1ccccc1-c1ccc2c(c1COC(=O)c1ccc(C(C)(C)C)cc1)C(C)=CC(C)(C)N2.COc1ccccc1-c1ccc2c(c1COC(=O)c1cccs1)C(C)=CC(C)(C)N2. The van der Waals surface area contributed by atoms with Crippen molar-refractivity contribution in [3.05, 3.63) is 165 Å². The smallest absolute Gasteiger partial charge is 0.348 e. The number of thiophene rings is 1. The molecule has 0 unspecified atom stereocenters. The van der Waals surface area contributed by atoms with Gasteiger partial charge in [-0.1, -0.05) is 99.7 Å². The van der Waals surface area contributed by atoms with E-state index in [-0.39, 0.29) is 41.6 Å². The van der Waals surface area contributed by atoms with Gasteiger partial charge in [-0.15, -0.1) is 11.3 Å². The van der Waals surface area contributed by atoms with Crippen LogP contribution in [0.5, 0.6) is 11.5 Å². The fourth-order valence-corrected chi connectivity index (χ4v) is 9.48. The van der Waals surface area contributed by atoms with Gasteiger partial charge in [0.25, 0.3) is 0 Å². The van der Waals surface area contributed by atoms with Crippen molar-refractivity contribution in [2.24, 2.45) is 0 Å². The fraction of sp³-hybridized carbons (Fsp3) is 0.286. The minimum atomic E-state index is -0.334. The molecular weight excluding hydrogens is 829 g/mol. The van der Waals surface area contributed by atoms with Gasteiger partial charge in [0, 0.05) is 44.8 Å². The van der Waals surface area contributed by atoms with Crippen LogP contribution in [0.3, 0.4) is 0 Å². The molecule has 2 N–H and O–H groups in total. The lowest BCUT2D eigenvalue weighted by Crippen LogP contribution is -2.32. The molecule has 2 aliphatic heterocycles. The highest BCUT2D eigenvalue weighted by molar-refractivity contribution is 7.11. The predicted molar refractivity (Wildman–Crippen MR) is 267 cm³/mol. The quantitative estimate of drug-likeness (QED) is 0.131. The number of benzene rings is 5. The van der Waals surface area contributed by atoms with E-state index in [2.05, 4.69) is 109 Å². The Morgan fingerprint density at radius 3 is 1.46 bits per heavy atom. The van der Waals surface area contributed by atoms with Gasteiger partial charge >= 0.3 is 11.9 Å². The maximum absolute atomic E-state index is 13.0. The zero-order valence-corrected chi connectivity index (χ0v) is 40.2. The number of para-hydroxylation sites is 2. The van der Waals surface area contributed by atoms with E-state index in [1.807, 2.05) is 84.2 Å². The first-order chi connectivity index (χ1) is 30.9. The molecule has 9 heteroatoms. The average Bonchev–Trinajstić information content (AvgIpc) is 3.82. The van der Waals surface area contributed by atoms with Crippen molar-refractivity contribution >= 4 is 45.8 Å². The number of rotatable bonds is 10. The molecule has 0 bridgehead atoms. The molecule has 8 rings (SSSR count). The van der Waals surface area contributed by atoms with Gasteiger partial charge in [-0.25, -0.2) is 9.59 Å². The molecule has 0 radical (unpaired) electrons. The topological polar surface area (TPSA) is 95.1 Å². The molecule has 65 heavy (non-hydrogen) atoms. The van der Waals surface area contributed by atoms with Gasteiger partial charge in [0.2, 0.25) is 0 Å². The molecule has 6 aromatic rings. The van der Waals surface area contributed by atoms with Gasteiger partial charge in [-0.2, -0.15) is 0 Å². The van der Waals surface area contributed by atoms with Crippen molar-refractivity contribution in [3.63, 3.8) is 0 Å². The van der Waals surface area contributed by atoms with Crippen LogP contribution in [-0.4, -0.2) is 37.2 Å². The minimum Gasteiger partial charge on any atom is -0.496 e. The van der Waals surface area contributed by atoms with Gasteiger partial charge in [0.15, 0.2) is 0 Å². The molecule has 336 valence electrons. The zero-order valence-electron chi connectivity index (χ0n) is 39.4. The van der Waals surface area contributed by atoms with Crippen LogP contribution in [0.15, 0.2) is 127 Å². The summed E-state index contributed by atoms with van der Waals surface area (Å²) < 4.78 is 22.9. The van der Waals surface area contributed by atoms with Crippen molar-refractivity contribution < 1.29 is 28.5 Å². The van der Waals surface area contributed by atoms with Gasteiger partial charge < -0.3 is 29.6 Å². The Labute approximate surface area is 388 Å². The molecule has 0 fully saturated rings. The standard InChI is InChI=1S/C31H35NO3.C25H25NO3S/c1-20-18-31(5,6)32-26-17-16-23(24-10-8-9-11-27(24)34-7)25(28(20)26)19-35-29(33)21-12-14-22(15-13-21)30(2,3)4;1-16-14-25(2,3)26-20-12-11-17(18-8-5-6-9-21(18)28-4)19(23(16)20)15-29-24(27)22-10-7-13-30-22/h8-18,32H,19H2,1-7H3;5-14,26H,15H2,1-4H3. The van der Waals surface area contributed by atoms with Gasteiger partial charge in [-0.3, -0.25) is 0 Å². The third kappa shape index (κ3) is 10.4. The fourth-order valence-electron chi connectivity index (χ4n) is 8.87. The van der Waals surface area contributed by atoms with Crippen molar-refractivity contribution in [3.8, 4) is 33.8 Å². The van der Waals surface area contributed by atoms with E-state index >= 15 is 0 Å². The molecule has 0 saturated heterocycles.